The van der Waals surface area contributed by atoms with Gasteiger partial charge in [0.2, 0.25) is 17.7 Å². The number of piperazine rings is 1. The lowest BCUT2D eigenvalue weighted by Crippen LogP contribution is -2.64. The number of benzene rings is 1. The van der Waals surface area contributed by atoms with Crippen LogP contribution in [0.5, 0.6) is 0 Å². The Morgan fingerprint density at radius 1 is 0.971 bits per heavy atom. The molecular formula is C25H33N5O4. The maximum Gasteiger partial charge on any atom is 0.258 e. The van der Waals surface area contributed by atoms with Gasteiger partial charge >= 0.3 is 0 Å². The minimum absolute atomic E-state index is 0.0249. The summed E-state index contributed by atoms with van der Waals surface area (Å²) in [6, 6.07) is 7.13. The largest absolute Gasteiger partial charge is 0.341 e. The summed E-state index contributed by atoms with van der Waals surface area (Å²) in [5, 5.41) is 0. The number of carbonyl (C=O) groups excluding carboxylic acids is 4. The van der Waals surface area contributed by atoms with Gasteiger partial charge in [-0.1, -0.05) is 12.1 Å². The fourth-order valence-corrected chi connectivity index (χ4v) is 5.84. The molecular weight excluding hydrogens is 434 g/mol. The van der Waals surface area contributed by atoms with Gasteiger partial charge in [0.05, 0.1) is 11.3 Å². The molecule has 1 atom stereocenters. The Balaban J connectivity index is 1.25. The Morgan fingerprint density at radius 2 is 1.65 bits per heavy atom. The summed E-state index contributed by atoms with van der Waals surface area (Å²) in [6.07, 6.45) is 2.15. The predicted octanol–water partition coefficient (Wildman–Crippen LogP) is 0.998. The lowest BCUT2D eigenvalue weighted by Gasteiger charge is -2.49. The predicted molar refractivity (Wildman–Crippen MR) is 126 cm³/mol. The van der Waals surface area contributed by atoms with Crippen LogP contribution in [0.2, 0.25) is 0 Å². The Kier molecular flexibility index (Phi) is 5.83. The molecule has 4 amide bonds. The molecule has 0 aliphatic carbocycles. The fraction of sp³-hybridized carbons (Fsp3) is 0.600. The van der Waals surface area contributed by atoms with E-state index in [0.29, 0.717) is 50.0 Å². The van der Waals surface area contributed by atoms with Crippen molar-refractivity contribution in [3.63, 3.8) is 0 Å². The molecule has 0 bridgehead atoms. The molecule has 4 aliphatic rings. The normalized spacial score (nSPS) is 26.1. The Hall–Kier alpha value is -2.94. The van der Waals surface area contributed by atoms with Crippen molar-refractivity contribution in [1.82, 2.24) is 19.6 Å². The highest BCUT2D eigenvalue weighted by atomic mass is 16.2. The summed E-state index contributed by atoms with van der Waals surface area (Å²) in [5.41, 5.74) is 0.248. The Labute approximate surface area is 200 Å². The second kappa shape index (κ2) is 8.69. The highest BCUT2D eigenvalue weighted by molar-refractivity contribution is 6.11. The summed E-state index contributed by atoms with van der Waals surface area (Å²) < 4.78 is 0. The third-order valence-electron chi connectivity index (χ3n) is 8.05. The molecule has 3 fully saturated rings. The van der Waals surface area contributed by atoms with Gasteiger partial charge in [0.25, 0.3) is 5.91 Å². The van der Waals surface area contributed by atoms with Crippen LogP contribution in [0.4, 0.5) is 5.69 Å². The molecule has 4 aliphatic heterocycles. The summed E-state index contributed by atoms with van der Waals surface area (Å²) in [5.74, 6) is -0.202. The van der Waals surface area contributed by atoms with Gasteiger partial charge in [-0.3, -0.25) is 24.1 Å². The van der Waals surface area contributed by atoms with Gasteiger partial charge in [-0.2, -0.15) is 0 Å². The number of nitrogens with zero attached hydrogens (tertiary/aromatic N) is 5. The molecule has 1 unspecified atom stereocenters. The van der Waals surface area contributed by atoms with E-state index in [2.05, 4.69) is 11.9 Å². The topological polar surface area (TPSA) is 84.5 Å². The molecule has 34 heavy (non-hydrogen) atoms. The number of fused-ring (bicyclic) bond motifs is 3. The molecule has 3 saturated heterocycles. The van der Waals surface area contributed by atoms with Crippen LogP contribution in [0.25, 0.3) is 0 Å². The number of likely N-dealkylation sites (tertiary alicyclic amines) is 1. The number of hydrogen-bond acceptors (Lipinski definition) is 5. The third kappa shape index (κ3) is 3.76. The van der Waals surface area contributed by atoms with E-state index in [9.17, 15) is 19.2 Å². The molecule has 0 spiro atoms. The third-order valence-corrected chi connectivity index (χ3v) is 8.05. The monoisotopic (exact) mass is 467 g/mol. The number of likely N-dealkylation sites (N-methyl/N-ethyl adjacent to an activating group) is 1. The van der Waals surface area contributed by atoms with E-state index in [1.54, 1.807) is 32.9 Å². The van der Waals surface area contributed by atoms with Crippen molar-refractivity contribution < 1.29 is 19.2 Å². The number of piperidine rings is 1. The molecule has 4 heterocycles. The molecule has 182 valence electrons. The van der Waals surface area contributed by atoms with Gasteiger partial charge in [-0.25, -0.2) is 0 Å². The highest BCUT2D eigenvalue weighted by Gasteiger charge is 2.53. The number of hydrogen-bond donors (Lipinski definition) is 0. The number of para-hydroxylation sites is 1. The average molecular weight is 468 g/mol. The van der Waals surface area contributed by atoms with Crippen molar-refractivity contribution in [1.29, 1.82) is 0 Å². The maximum atomic E-state index is 13.4. The zero-order chi connectivity index (χ0) is 24.0. The molecule has 9 nitrogen and oxygen atoms in total. The van der Waals surface area contributed by atoms with Crippen LogP contribution >= 0.6 is 0 Å². The van der Waals surface area contributed by atoms with Crippen LogP contribution in [0.15, 0.2) is 24.3 Å². The highest BCUT2D eigenvalue weighted by Crippen LogP contribution is 2.43. The van der Waals surface area contributed by atoms with Gasteiger partial charge < -0.3 is 19.6 Å². The SMILES string of the molecule is CN1CCN(C(=O)C2CCN(C(=O)CN3C(=O)c4ccccc4N4C(=O)CCC34C)CC2)CC1. The zero-order valence-corrected chi connectivity index (χ0v) is 20.0. The second-order valence-corrected chi connectivity index (χ2v) is 10.1. The summed E-state index contributed by atoms with van der Waals surface area (Å²) >= 11 is 0. The summed E-state index contributed by atoms with van der Waals surface area (Å²) in [6.45, 7) is 6.16. The first-order valence-corrected chi connectivity index (χ1v) is 12.3. The van der Waals surface area contributed by atoms with Crippen molar-refractivity contribution >= 4 is 29.3 Å². The number of anilines is 1. The molecule has 0 N–H and O–H groups in total. The minimum atomic E-state index is -0.839. The van der Waals surface area contributed by atoms with E-state index in [1.807, 2.05) is 17.9 Å². The molecule has 1 aromatic carbocycles. The van der Waals surface area contributed by atoms with Crippen molar-refractivity contribution in [3.8, 4) is 0 Å². The van der Waals surface area contributed by atoms with E-state index in [-0.39, 0.29) is 36.1 Å². The van der Waals surface area contributed by atoms with Crippen LogP contribution in [0.1, 0.15) is 43.0 Å². The Morgan fingerprint density at radius 3 is 2.35 bits per heavy atom. The first-order valence-electron chi connectivity index (χ1n) is 12.3. The summed E-state index contributed by atoms with van der Waals surface area (Å²) in [7, 11) is 2.07. The van der Waals surface area contributed by atoms with Crippen LogP contribution in [0.3, 0.4) is 0 Å². The lowest BCUT2D eigenvalue weighted by molar-refractivity contribution is -0.142. The molecule has 1 aromatic rings. The fourth-order valence-electron chi connectivity index (χ4n) is 5.84. The number of carbonyl (C=O) groups is 4. The average Bonchev–Trinajstić information content (AvgIpc) is 3.17. The smallest absolute Gasteiger partial charge is 0.258 e. The van der Waals surface area contributed by atoms with Crippen molar-refractivity contribution in [2.45, 2.75) is 38.3 Å². The first-order chi connectivity index (χ1) is 16.3. The van der Waals surface area contributed by atoms with E-state index < -0.39 is 5.66 Å². The lowest BCUT2D eigenvalue weighted by atomic mass is 9.94. The molecule has 0 saturated carbocycles. The van der Waals surface area contributed by atoms with Gasteiger partial charge in [0, 0.05) is 51.6 Å². The molecule has 9 heteroatoms. The van der Waals surface area contributed by atoms with Gasteiger partial charge in [-0.05, 0) is 45.4 Å². The van der Waals surface area contributed by atoms with Gasteiger partial charge in [0.15, 0.2) is 0 Å². The molecule has 0 aromatic heterocycles. The van der Waals surface area contributed by atoms with E-state index in [4.69, 9.17) is 0 Å². The van der Waals surface area contributed by atoms with Crippen LogP contribution in [0, 0.1) is 5.92 Å². The van der Waals surface area contributed by atoms with E-state index >= 15 is 0 Å². The van der Waals surface area contributed by atoms with Gasteiger partial charge in [-0.15, -0.1) is 0 Å². The number of rotatable bonds is 3. The molecule has 5 rings (SSSR count). The van der Waals surface area contributed by atoms with Gasteiger partial charge in [0.1, 0.15) is 12.2 Å². The van der Waals surface area contributed by atoms with Crippen molar-refractivity contribution in [2.24, 2.45) is 5.92 Å². The maximum absolute atomic E-state index is 13.4. The Bertz CT molecular complexity index is 1010. The molecule has 0 radical (unpaired) electrons. The first kappa shape index (κ1) is 22.8. The van der Waals surface area contributed by atoms with Crippen molar-refractivity contribution in [2.75, 3.05) is 57.8 Å². The van der Waals surface area contributed by atoms with E-state index in [1.165, 1.54) is 0 Å². The van der Waals surface area contributed by atoms with Crippen LogP contribution in [-0.2, 0) is 14.4 Å². The second-order valence-electron chi connectivity index (χ2n) is 10.1. The van der Waals surface area contributed by atoms with E-state index in [0.717, 1.165) is 26.2 Å². The van der Waals surface area contributed by atoms with Crippen LogP contribution < -0.4 is 4.90 Å². The standard InChI is InChI=1S/C25H33N5O4/c1-25-10-7-21(31)30(25)20-6-4-3-5-19(20)24(34)29(25)17-22(32)27-11-8-18(9-12-27)23(33)28-15-13-26(2)14-16-28/h3-6,18H,7-17H2,1-2H3. The number of amides is 4. The summed E-state index contributed by atoms with van der Waals surface area (Å²) in [4.78, 5) is 61.5. The minimum Gasteiger partial charge on any atom is -0.341 e. The zero-order valence-electron chi connectivity index (χ0n) is 20.0. The van der Waals surface area contributed by atoms with Crippen molar-refractivity contribution in [3.05, 3.63) is 29.8 Å². The quantitative estimate of drug-likeness (QED) is 0.662. The van der Waals surface area contributed by atoms with Crippen LogP contribution in [-0.4, -0.2) is 102 Å².